The van der Waals surface area contributed by atoms with E-state index < -0.39 is 0 Å². The molecule has 4 rings (SSSR count). The highest BCUT2D eigenvalue weighted by Crippen LogP contribution is 2.33. The van der Waals surface area contributed by atoms with Crippen molar-refractivity contribution in [2.45, 2.75) is 46.1 Å². The van der Waals surface area contributed by atoms with Crippen molar-refractivity contribution in [3.63, 3.8) is 0 Å². The van der Waals surface area contributed by atoms with Gasteiger partial charge < -0.3 is 5.32 Å². The molecule has 7 nitrogen and oxygen atoms in total. The van der Waals surface area contributed by atoms with Crippen LogP contribution in [0.4, 0.5) is 5.13 Å². The van der Waals surface area contributed by atoms with Gasteiger partial charge >= 0.3 is 0 Å². The van der Waals surface area contributed by atoms with Crippen molar-refractivity contribution >= 4 is 43.9 Å². The first-order valence-electron chi connectivity index (χ1n) is 8.15. The number of hydrogen-bond donors (Lipinski definition) is 1. The normalized spacial score (nSPS) is 13.8. The van der Waals surface area contributed by atoms with E-state index in [0.717, 1.165) is 46.5 Å². The molecule has 0 fully saturated rings. The summed E-state index contributed by atoms with van der Waals surface area (Å²) in [7, 11) is 0. The molecule has 3 heterocycles. The van der Waals surface area contributed by atoms with Crippen LogP contribution in [0.25, 0.3) is 10.2 Å². The van der Waals surface area contributed by atoms with Crippen molar-refractivity contribution in [1.29, 1.82) is 0 Å². The first-order chi connectivity index (χ1) is 12.0. The van der Waals surface area contributed by atoms with E-state index in [1.807, 2.05) is 13.8 Å². The Hall–Kier alpha value is -2.13. The predicted molar refractivity (Wildman–Crippen MR) is 98.5 cm³/mol. The summed E-state index contributed by atoms with van der Waals surface area (Å²) in [6, 6.07) is 0. The number of aromatic nitrogens is 4. The second-order valence-corrected chi connectivity index (χ2v) is 8.44. The van der Waals surface area contributed by atoms with Crippen LogP contribution >= 0.6 is 22.7 Å². The molecule has 0 saturated heterocycles. The Bertz CT molecular complexity index is 1010. The smallest absolute Gasteiger partial charge is 0.279 e. The SMILES string of the molecule is Cc1nc(NC(=O)Cn2nnc3sc4c(c3c2=O)CCCC4)sc1C. The standard InChI is InChI=1S/C16H17N5O2S2/c1-8-9(2)24-16(17-8)18-12(22)7-21-15(23)13-10-5-3-4-6-11(10)25-14(13)19-20-21/h3-7H2,1-2H3,(H,17,18,22). The van der Waals surface area contributed by atoms with E-state index in [-0.39, 0.29) is 18.0 Å². The zero-order valence-electron chi connectivity index (χ0n) is 14.0. The van der Waals surface area contributed by atoms with Crippen molar-refractivity contribution in [3.05, 3.63) is 31.4 Å². The Kier molecular flexibility index (Phi) is 4.12. The van der Waals surface area contributed by atoms with Crippen LogP contribution < -0.4 is 10.9 Å². The Morgan fingerprint density at radius 1 is 1.24 bits per heavy atom. The lowest BCUT2D eigenvalue weighted by Crippen LogP contribution is -2.30. The number of nitrogens with zero attached hydrogens (tertiary/aromatic N) is 4. The molecular formula is C16H17N5O2S2. The van der Waals surface area contributed by atoms with Crippen molar-refractivity contribution in [2.24, 2.45) is 0 Å². The van der Waals surface area contributed by atoms with Crippen LogP contribution in [0.3, 0.4) is 0 Å². The first-order valence-corrected chi connectivity index (χ1v) is 9.78. The molecule has 0 aliphatic heterocycles. The number of anilines is 1. The molecule has 0 atom stereocenters. The topological polar surface area (TPSA) is 89.8 Å². The number of amides is 1. The van der Waals surface area contributed by atoms with Crippen LogP contribution in [0.5, 0.6) is 0 Å². The molecule has 0 aromatic carbocycles. The quantitative estimate of drug-likeness (QED) is 0.759. The van der Waals surface area contributed by atoms with E-state index in [2.05, 4.69) is 20.6 Å². The van der Waals surface area contributed by atoms with Gasteiger partial charge in [-0.05, 0) is 45.1 Å². The van der Waals surface area contributed by atoms with Crippen LogP contribution in [0.1, 0.15) is 33.9 Å². The molecule has 0 spiro atoms. The molecule has 0 unspecified atom stereocenters. The number of fused-ring (bicyclic) bond motifs is 3. The average Bonchev–Trinajstić information content (AvgIpc) is 3.10. The van der Waals surface area contributed by atoms with Crippen LogP contribution in [0.15, 0.2) is 4.79 Å². The Morgan fingerprint density at radius 3 is 2.80 bits per heavy atom. The highest BCUT2D eigenvalue weighted by molar-refractivity contribution is 7.18. The van der Waals surface area contributed by atoms with E-state index >= 15 is 0 Å². The number of carbonyl (C=O) groups is 1. The maximum absolute atomic E-state index is 12.8. The van der Waals surface area contributed by atoms with Gasteiger partial charge in [0.05, 0.1) is 11.1 Å². The zero-order chi connectivity index (χ0) is 17.6. The lowest BCUT2D eigenvalue weighted by Gasteiger charge is -2.10. The highest BCUT2D eigenvalue weighted by atomic mass is 32.1. The number of thiazole rings is 1. The maximum Gasteiger partial charge on any atom is 0.279 e. The van der Waals surface area contributed by atoms with Crippen LogP contribution in [-0.4, -0.2) is 25.9 Å². The highest BCUT2D eigenvalue weighted by Gasteiger charge is 2.21. The number of carbonyl (C=O) groups excluding carboxylic acids is 1. The van der Waals surface area contributed by atoms with Gasteiger partial charge in [0.25, 0.3) is 5.56 Å². The molecular weight excluding hydrogens is 358 g/mol. The second kappa shape index (κ2) is 6.30. The molecule has 1 aliphatic carbocycles. The zero-order valence-corrected chi connectivity index (χ0v) is 15.6. The Balaban J connectivity index is 1.62. The Morgan fingerprint density at radius 2 is 2.04 bits per heavy atom. The fourth-order valence-corrected chi connectivity index (χ4v) is 5.06. The minimum Gasteiger partial charge on any atom is -0.300 e. The summed E-state index contributed by atoms with van der Waals surface area (Å²) in [6.45, 7) is 3.68. The third-order valence-electron chi connectivity index (χ3n) is 4.41. The van der Waals surface area contributed by atoms with Crippen LogP contribution in [-0.2, 0) is 24.2 Å². The van der Waals surface area contributed by atoms with Crippen molar-refractivity contribution in [3.8, 4) is 0 Å². The Labute approximate surface area is 151 Å². The lowest BCUT2D eigenvalue weighted by molar-refractivity contribution is -0.117. The maximum atomic E-state index is 12.8. The molecule has 0 bridgehead atoms. The summed E-state index contributed by atoms with van der Waals surface area (Å²) in [6.07, 6.45) is 4.14. The molecule has 1 amide bonds. The van der Waals surface area contributed by atoms with Crippen molar-refractivity contribution in [1.82, 2.24) is 20.0 Å². The van der Waals surface area contributed by atoms with E-state index in [0.29, 0.717) is 15.3 Å². The molecule has 3 aromatic rings. The fraction of sp³-hybridized carbons (Fsp3) is 0.438. The summed E-state index contributed by atoms with van der Waals surface area (Å²) >= 11 is 2.97. The molecule has 25 heavy (non-hydrogen) atoms. The van der Waals surface area contributed by atoms with E-state index in [1.54, 1.807) is 11.3 Å². The van der Waals surface area contributed by atoms with Crippen molar-refractivity contribution < 1.29 is 4.79 Å². The van der Waals surface area contributed by atoms with Gasteiger partial charge in [0, 0.05) is 9.75 Å². The van der Waals surface area contributed by atoms with E-state index in [4.69, 9.17) is 0 Å². The summed E-state index contributed by atoms with van der Waals surface area (Å²) < 4.78 is 1.15. The number of rotatable bonds is 3. The van der Waals surface area contributed by atoms with Crippen molar-refractivity contribution in [2.75, 3.05) is 5.32 Å². The average molecular weight is 375 g/mol. The molecule has 0 saturated carbocycles. The lowest BCUT2D eigenvalue weighted by atomic mass is 9.97. The van der Waals surface area contributed by atoms with Gasteiger partial charge in [0.15, 0.2) is 9.96 Å². The second-order valence-electron chi connectivity index (χ2n) is 6.15. The van der Waals surface area contributed by atoms with Gasteiger partial charge in [-0.3, -0.25) is 9.59 Å². The fourth-order valence-electron chi connectivity index (χ4n) is 3.03. The number of aryl methyl sites for hydroxylation is 4. The molecule has 0 radical (unpaired) electrons. The number of hydrogen-bond acceptors (Lipinski definition) is 7. The van der Waals surface area contributed by atoms with Gasteiger partial charge in [-0.25, -0.2) is 9.67 Å². The van der Waals surface area contributed by atoms with Gasteiger partial charge in [0.1, 0.15) is 6.54 Å². The van der Waals surface area contributed by atoms with Gasteiger partial charge in [0.2, 0.25) is 5.91 Å². The molecule has 130 valence electrons. The summed E-state index contributed by atoms with van der Waals surface area (Å²) in [5.41, 5.74) is 1.76. The summed E-state index contributed by atoms with van der Waals surface area (Å²) in [5.74, 6) is -0.325. The minimum atomic E-state index is -0.325. The first kappa shape index (κ1) is 16.3. The van der Waals surface area contributed by atoms with E-state index in [1.165, 1.54) is 16.2 Å². The largest absolute Gasteiger partial charge is 0.300 e. The van der Waals surface area contributed by atoms with Crippen LogP contribution in [0, 0.1) is 13.8 Å². The molecule has 9 heteroatoms. The third kappa shape index (κ3) is 2.98. The molecule has 1 aliphatic rings. The molecule has 1 N–H and O–H groups in total. The summed E-state index contributed by atoms with van der Waals surface area (Å²) in [4.78, 5) is 32.3. The van der Waals surface area contributed by atoms with Crippen LogP contribution in [0.2, 0.25) is 0 Å². The monoisotopic (exact) mass is 375 g/mol. The third-order valence-corrected chi connectivity index (χ3v) is 6.58. The van der Waals surface area contributed by atoms with Gasteiger partial charge in [-0.15, -0.1) is 27.8 Å². The van der Waals surface area contributed by atoms with E-state index in [9.17, 15) is 9.59 Å². The van der Waals surface area contributed by atoms with Gasteiger partial charge in [-0.2, -0.15) is 0 Å². The number of nitrogens with one attached hydrogen (secondary N) is 1. The van der Waals surface area contributed by atoms with Gasteiger partial charge in [-0.1, -0.05) is 5.21 Å². The number of thiophene rings is 1. The minimum absolute atomic E-state index is 0.163. The predicted octanol–water partition coefficient (Wildman–Crippen LogP) is 2.44. The molecule has 3 aromatic heterocycles. The summed E-state index contributed by atoms with van der Waals surface area (Å²) in [5, 5.41) is 12.0.